The average molecular weight is 287 g/mol. The number of anilines is 1. The molecule has 4 nitrogen and oxygen atoms in total. The highest BCUT2D eigenvalue weighted by Gasteiger charge is 2.10. The molecule has 0 saturated carbocycles. The first-order valence-electron chi connectivity index (χ1n) is 6.85. The van der Waals surface area contributed by atoms with Crippen LogP contribution >= 0.6 is 0 Å². The monoisotopic (exact) mass is 287 g/mol. The van der Waals surface area contributed by atoms with Gasteiger partial charge in [-0.3, -0.25) is 4.79 Å². The highest BCUT2D eigenvalue weighted by molar-refractivity contribution is 5.90. The molecule has 1 aromatic carbocycles. The third-order valence-corrected chi connectivity index (χ3v) is 2.94. The van der Waals surface area contributed by atoms with E-state index in [1.54, 1.807) is 25.3 Å². The number of halogens is 1. The zero-order chi connectivity index (χ0) is 15.4. The van der Waals surface area contributed by atoms with E-state index in [0.717, 1.165) is 5.56 Å². The van der Waals surface area contributed by atoms with Gasteiger partial charge in [-0.25, -0.2) is 14.4 Å². The number of aromatic nitrogens is 2. The Morgan fingerprint density at radius 1 is 1.29 bits per heavy atom. The normalized spacial score (nSPS) is 10.7. The summed E-state index contributed by atoms with van der Waals surface area (Å²) in [5, 5.41) is 2.76. The minimum absolute atomic E-state index is 0.0723. The Bertz CT molecular complexity index is 638. The number of hydrogen-bond donors (Lipinski definition) is 1. The van der Waals surface area contributed by atoms with Gasteiger partial charge in [0.15, 0.2) is 5.82 Å². The summed E-state index contributed by atoms with van der Waals surface area (Å²) in [6.07, 6.45) is 2.02. The van der Waals surface area contributed by atoms with E-state index in [9.17, 15) is 9.18 Å². The number of hydrogen-bond acceptors (Lipinski definition) is 3. The van der Waals surface area contributed by atoms with Crippen LogP contribution in [0.3, 0.4) is 0 Å². The van der Waals surface area contributed by atoms with Gasteiger partial charge in [0, 0.05) is 12.0 Å². The molecule has 1 N–H and O–H groups in total. The zero-order valence-corrected chi connectivity index (χ0v) is 12.4. The lowest BCUT2D eigenvalue weighted by Gasteiger charge is -2.09. The van der Waals surface area contributed by atoms with Crippen LogP contribution in [0.25, 0.3) is 11.3 Å². The largest absolute Gasteiger partial charge is 0.309 e. The van der Waals surface area contributed by atoms with E-state index in [1.165, 1.54) is 12.1 Å². The molecule has 0 fully saturated rings. The molecule has 0 saturated heterocycles. The molecule has 1 amide bonds. The maximum Gasteiger partial charge on any atom is 0.225 e. The molecule has 0 aliphatic rings. The number of nitrogens with zero attached hydrogens (tertiary/aromatic N) is 2. The van der Waals surface area contributed by atoms with Crippen molar-refractivity contribution in [2.45, 2.75) is 27.2 Å². The standard InChI is InChI=1S/C16H18FN3O/c1-10(2)8-15(21)20-16-11(3)19-14(9-18-16)12-4-6-13(17)7-5-12/h4-7,9-10H,8H2,1-3H3,(H,18,20,21). The van der Waals surface area contributed by atoms with Gasteiger partial charge in [0.2, 0.25) is 5.91 Å². The highest BCUT2D eigenvalue weighted by Crippen LogP contribution is 2.19. The number of carbonyl (C=O) groups is 1. The van der Waals surface area contributed by atoms with Crippen molar-refractivity contribution in [2.24, 2.45) is 5.92 Å². The smallest absolute Gasteiger partial charge is 0.225 e. The van der Waals surface area contributed by atoms with Crippen molar-refractivity contribution in [1.82, 2.24) is 9.97 Å². The lowest BCUT2D eigenvalue weighted by atomic mass is 10.1. The van der Waals surface area contributed by atoms with Crippen LogP contribution in [0.15, 0.2) is 30.5 Å². The fraction of sp³-hybridized carbons (Fsp3) is 0.312. The quantitative estimate of drug-likeness (QED) is 0.935. The molecular formula is C16H18FN3O. The molecule has 1 aromatic heterocycles. The van der Waals surface area contributed by atoms with Gasteiger partial charge in [0.1, 0.15) is 5.82 Å². The first-order valence-corrected chi connectivity index (χ1v) is 6.85. The fourth-order valence-electron chi connectivity index (χ4n) is 1.92. The molecular weight excluding hydrogens is 269 g/mol. The van der Waals surface area contributed by atoms with Gasteiger partial charge < -0.3 is 5.32 Å². The molecule has 21 heavy (non-hydrogen) atoms. The van der Waals surface area contributed by atoms with Crippen molar-refractivity contribution in [3.8, 4) is 11.3 Å². The molecule has 110 valence electrons. The summed E-state index contributed by atoms with van der Waals surface area (Å²) in [6.45, 7) is 5.75. The first kappa shape index (κ1) is 15.1. The van der Waals surface area contributed by atoms with Crippen LogP contribution in [0.2, 0.25) is 0 Å². The van der Waals surface area contributed by atoms with Gasteiger partial charge in [-0.15, -0.1) is 0 Å². The maximum atomic E-state index is 12.9. The second kappa shape index (κ2) is 6.43. The summed E-state index contributed by atoms with van der Waals surface area (Å²) in [7, 11) is 0. The molecule has 0 aliphatic heterocycles. The summed E-state index contributed by atoms with van der Waals surface area (Å²) < 4.78 is 12.9. The van der Waals surface area contributed by atoms with E-state index >= 15 is 0 Å². The molecule has 0 spiro atoms. The molecule has 2 aromatic rings. The van der Waals surface area contributed by atoms with E-state index in [0.29, 0.717) is 23.6 Å². The number of nitrogens with one attached hydrogen (secondary N) is 1. The number of benzene rings is 1. The molecule has 5 heteroatoms. The zero-order valence-electron chi connectivity index (χ0n) is 12.4. The van der Waals surface area contributed by atoms with Gasteiger partial charge in [-0.1, -0.05) is 13.8 Å². The van der Waals surface area contributed by atoms with Gasteiger partial charge in [0.25, 0.3) is 0 Å². The van der Waals surface area contributed by atoms with E-state index in [-0.39, 0.29) is 17.6 Å². The number of rotatable bonds is 4. The van der Waals surface area contributed by atoms with Crippen molar-refractivity contribution in [1.29, 1.82) is 0 Å². The Balaban J connectivity index is 2.17. The molecule has 0 bridgehead atoms. The van der Waals surface area contributed by atoms with Crippen LogP contribution in [0, 0.1) is 18.7 Å². The van der Waals surface area contributed by atoms with Crippen LogP contribution in [-0.2, 0) is 4.79 Å². The predicted octanol–water partition coefficient (Wildman–Crippen LogP) is 3.58. The maximum absolute atomic E-state index is 12.9. The Morgan fingerprint density at radius 3 is 2.52 bits per heavy atom. The van der Waals surface area contributed by atoms with E-state index in [1.807, 2.05) is 13.8 Å². The summed E-state index contributed by atoms with van der Waals surface area (Å²) in [6, 6.07) is 6.06. The highest BCUT2D eigenvalue weighted by atomic mass is 19.1. The lowest BCUT2D eigenvalue weighted by Crippen LogP contribution is -2.16. The summed E-state index contributed by atoms with van der Waals surface area (Å²) >= 11 is 0. The van der Waals surface area contributed by atoms with E-state index < -0.39 is 0 Å². The second-order valence-electron chi connectivity index (χ2n) is 5.34. The lowest BCUT2D eigenvalue weighted by molar-refractivity contribution is -0.116. The molecule has 0 atom stereocenters. The first-order chi connectivity index (χ1) is 9.95. The molecule has 0 radical (unpaired) electrons. The SMILES string of the molecule is Cc1nc(-c2ccc(F)cc2)cnc1NC(=O)CC(C)C. The van der Waals surface area contributed by atoms with Crippen LogP contribution < -0.4 is 5.32 Å². The van der Waals surface area contributed by atoms with E-state index in [4.69, 9.17) is 0 Å². The minimum atomic E-state index is -0.291. The Kier molecular flexibility index (Phi) is 4.62. The predicted molar refractivity (Wildman–Crippen MR) is 80.2 cm³/mol. The average Bonchev–Trinajstić information content (AvgIpc) is 2.41. The second-order valence-corrected chi connectivity index (χ2v) is 5.34. The molecule has 1 heterocycles. The molecule has 0 aliphatic carbocycles. The van der Waals surface area contributed by atoms with Crippen LogP contribution in [0.1, 0.15) is 26.0 Å². The minimum Gasteiger partial charge on any atom is -0.309 e. The summed E-state index contributed by atoms with van der Waals surface area (Å²) in [4.78, 5) is 20.4. The van der Waals surface area contributed by atoms with Crippen LogP contribution in [0.4, 0.5) is 10.2 Å². The topological polar surface area (TPSA) is 54.9 Å². The summed E-state index contributed by atoms with van der Waals surface area (Å²) in [5.41, 5.74) is 2.07. The van der Waals surface area contributed by atoms with Gasteiger partial charge in [-0.2, -0.15) is 0 Å². The Labute approximate surface area is 123 Å². The van der Waals surface area contributed by atoms with Gasteiger partial charge in [-0.05, 0) is 37.1 Å². The van der Waals surface area contributed by atoms with Crippen molar-refractivity contribution in [3.63, 3.8) is 0 Å². The van der Waals surface area contributed by atoms with Crippen molar-refractivity contribution in [3.05, 3.63) is 42.0 Å². The Morgan fingerprint density at radius 2 is 1.95 bits per heavy atom. The third-order valence-electron chi connectivity index (χ3n) is 2.94. The van der Waals surface area contributed by atoms with Gasteiger partial charge in [0.05, 0.1) is 17.6 Å². The number of amides is 1. The number of carbonyl (C=O) groups excluding carboxylic acids is 1. The van der Waals surface area contributed by atoms with E-state index in [2.05, 4.69) is 15.3 Å². The van der Waals surface area contributed by atoms with Crippen molar-refractivity contribution < 1.29 is 9.18 Å². The Hall–Kier alpha value is -2.30. The van der Waals surface area contributed by atoms with Gasteiger partial charge >= 0.3 is 0 Å². The number of aryl methyl sites for hydroxylation is 1. The fourth-order valence-corrected chi connectivity index (χ4v) is 1.92. The van der Waals surface area contributed by atoms with Crippen molar-refractivity contribution in [2.75, 3.05) is 5.32 Å². The van der Waals surface area contributed by atoms with Crippen LogP contribution in [-0.4, -0.2) is 15.9 Å². The van der Waals surface area contributed by atoms with Crippen LogP contribution in [0.5, 0.6) is 0 Å². The third kappa shape index (κ3) is 4.08. The molecule has 0 unspecified atom stereocenters. The van der Waals surface area contributed by atoms with Crippen molar-refractivity contribution >= 4 is 11.7 Å². The molecule has 2 rings (SSSR count). The summed E-state index contributed by atoms with van der Waals surface area (Å²) in [5.74, 6) is 0.390.